The van der Waals surface area contributed by atoms with Crippen molar-refractivity contribution < 1.29 is 0 Å². The summed E-state index contributed by atoms with van der Waals surface area (Å²) in [6, 6.07) is 39.7. The van der Waals surface area contributed by atoms with E-state index in [9.17, 15) is 0 Å². The summed E-state index contributed by atoms with van der Waals surface area (Å²) in [5.74, 6) is 1.13. The second-order valence-electron chi connectivity index (χ2n) is 11.3. The Bertz CT molecular complexity index is 2270. The third-order valence-corrected chi connectivity index (χ3v) is 9.01. The van der Waals surface area contributed by atoms with Gasteiger partial charge in [-0.3, -0.25) is 4.57 Å². The second-order valence-corrected chi connectivity index (χ2v) is 11.3. The highest BCUT2D eigenvalue weighted by Crippen LogP contribution is 2.40. The van der Waals surface area contributed by atoms with Crippen molar-refractivity contribution in [3.05, 3.63) is 150 Å². The Labute approximate surface area is 244 Å². The second kappa shape index (κ2) is 9.12. The molecule has 2 aliphatic rings. The summed E-state index contributed by atoms with van der Waals surface area (Å²) in [6.45, 7) is 0. The topological polar surface area (TPSA) is 21.9 Å². The zero-order valence-corrected chi connectivity index (χ0v) is 23.2. The van der Waals surface area contributed by atoms with Gasteiger partial charge in [-0.15, -0.1) is 0 Å². The average molecular weight is 540 g/mol. The Hall–Kier alpha value is -5.28. The van der Waals surface area contributed by atoms with Crippen molar-refractivity contribution in [3.8, 4) is 5.69 Å². The fourth-order valence-corrected chi connectivity index (χ4v) is 7.17. The van der Waals surface area contributed by atoms with Gasteiger partial charge >= 0.3 is 0 Å². The van der Waals surface area contributed by atoms with Crippen molar-refractivity contribution in [2.45, 2.75) is 18.9 Å². The number of allylic oxidation sites excluding steroid dienone is 3. The molecule has 3 heterocycles. The normalized spacial score (nSPS) is 16.3. The lowest BCUT2D eigenvalue weighted by Gasteiger charge is -2.26. The van der Waals surface area contributed by atoms with E-state index in [2.05, 4.69) is 154 Å². The molecule has 0 saturated carbocycles. The summed E-state index contributed by atoms with van der Waals surface area (Å²) in [5.41, 5.74) is 8.92. The molecule has 2 aromatic heterocycles. The summed E-state index contributed by atoms with van der Waals surface area (Å²) >= 11 is 0. The van der Waals surface area contributed by atoms with Gasteiger partial charge in [-0.2, -0.15) is 0 Å². The van der Waals surface area contributed by atoms with E-state index >= 15 is 0 Å². The van der Waals surface area contributed by atoms with E-state index in [1.54, 1.807) is 0 Å². The zero-order valence-electron chi connectivity index (χ0n) is 23.2. The van der Waals surface area contributed by atoms with E-state index < -0.39 is 0 Å². The molecule has 5 aromatic carbocycles. The molecule has 0 radical (unpaired) electrons. The van der Waals surface area contributed by atoms with Crippen molar-refractivity contribution in [2.24, 2.45) is 0 Å². The fraction of sp³-hybridized carbons (Fsp3) is 0.0769. The van der Waals surface area contributed by atoms with Crippen LogP contribution >= 0.6 is 0 Å². The minimum Gasteiger partial charge on any atom is -0.361 e. The van der Waals surface area contributed by atoms with Crippen LogP contribution in [0.2, 0.25) is 0 Å². The van der Waals surface area contributed by atoms with Crippen LogP contribution in [0.1, 0.15) is 29.3 Å². The van der Waals surface area contributed by atoms with Crippen LogP contribution < -0.4 is 5.32 Å². The van der Waals surface area contributed by atoms with Crippen LogP contribution in [0.25, 0.3) is 61.1 Å². The maximum Gasteiger partial charge on any atom is 0.111 e. The first-order chi connectivity index (χ1) is 20.8. The number of rotatable bonds is 3. The third kappa shape index (κ3) is 3.40. The first kappa shape index (κ1) is 23.4. The molecule has 1 aliphatic heterocycles. The molecule has 1 N–H and O–H groups in total. The van der Waals surface area contributed by atoms with E-state index in [1.165, 1.54) is 66.0 Å². The van der Waals surface area contributed by atoms with Gasteiger partial charge in [-0.1, -0.05) is 103 Å². The lowest BCUT2D eigenvalue weighted by Crippen LogP contribution is -2.25. The van der Waals surface area contributed by atoms with Crippen LogP contribution in [-0.2, 0) is 6.42 Å². The average Bonchev–Trinajstić information content (AvgIpc) is 3.56. The molecular weight excluding hydrogens is 510 g/mol. The highest BCUT2D eigenvalue weighted by molar-refractivity contribution is 6.14. The lowest BCUT2D eigenvalue weighted by molar-refractivity contribution is 0.724. The number of nitrogens with zero attached hydrogens (tertiary/aromatic N) is 2. The minimum atomic E-state index is 0.0899. The van der Waals surface area contributed by atoms with Crippen LogP contribution in [0, 0.1) is 0 Å². The number of nitrogens with one attached hydrogen (secondary N) is 1. The fourth-order valence-electron chi connectivity index (χ4n) is 7.17. The van der Waals surface area contributed by atoms with Crippen molar-refractivity contribution in [1.82, 2.24) is 14.5 Å². The molecule has 9 rings (SSSR count). The van der Waals surface area contributed by atoms with Crippen LogP contribution in [0.5, 0.6) is 0 Å². The molecule has 1 atom stereocenters. The smallest absolute Gasteiger partial charge is 0.111 e. The van der Waals surface area contributed by atoms with Crippen LogP contribution in [-0.4, -0.2) is 9.13 Å². The molecule has 42 heavy (non-hydrogen) atoms. The molecule has 200 valence electrons. The zero-order chi connectivity index (χ0) is 27.6. The molecule has 0 saturated heterocycles. The van der Waals surface area contributed by atoms with Crippen molar-refractivity contribution in [1.29, 1.82) is 0 Å². The molecule has 0 bridgehead atoms. The van der Waals surface area contributed by atoms with Gasteiger partial charge in [0, 0.05) is 33.1 Å². The molecule has 0 fully saturated rings. The summed E-state index contributed by atoms with van der Waals surface area (Å²) in [4.78, 5) is 0. The van der Waals surface area contributed by atoms with E-state index in [1.807, 2.05) is 0 Å². The molecule has 7 aromatic rings. The van der Waals surface area contributed by atoms with Crippen molar-refractivity contribution in [2.75, 3.05) is 0 Å². The van der Waals surface area contributed by atoms with Gasteiger partial charge in [-0.25, -0.2) is 0 Å². The number of fused-ring (bicyclic) bond motifs is 7. The predicted molar refractivity (Wildman–Crippen MR) is 177 cm³/mol. The van der Waals surface area contributed by atoms with Gasteiger partial charge in [0.05, 0.1) is 22.6 Å². The molecular formula is C39H29N3. The van der Waals surface area contributed by atoms with Gasteiger partial charge in [-0.05, 0) is 65.6 Å². The van der Waals surface area contributed by atoms with Crippen molar-refractivity contribution in [3.63, 3.8) is 0 Å². The van der Waals surface area contributed by atoms with Gasteiger partial charge < -0.3 is 9.88 Å². The Kier molecular flexibility index (Phi) is 5.09. The number of aromatic nitrogens is 2. The molecule has 3 nitrogen and oxygen atoms in total. The number of dihydropyridines is 1. The highest BCUT2D eigenvalue weighted by atomic mass is 15.2. The lowest BCUT2D eigenvalue weighted by atomic mass is 9.97. The quantitative estimate of drug-likeness (QED) is 0.237. The molecule has 1 unspecified atom stereocenters. The van der Waals surface area contributed by atoms with E-state index in [0.717, 1.165) is 18.7 Å². The Morgan fingerprint density at radius 3 is 2.33 bits per heavy atom. The summed E-state index contributed by atoms with van der Waals surface area (Å²) in [5, 5.41) is 10.3. The Morgan fingerprint density at radius 2 is 1.40 bits per heavy atom. The van der Waals surface area contributed by atoms with Crippen LogP contribution in [0.15, 0.2) is 133 Å². The van der Waals surface area contributed by atoms with Gasteiger partial charge in [0.25, 0.3) is 0 Å². The molecule has 0 amide bonds. The monoisotopic (exact) mass is 539 g/mol. The number of hydrogen-bond donors (Lipinski definition) is 1. The summed E-state index contributed by atoms with van der Waals surface area (Å²) < 4.78 is 4.90. The van der Waals surface area contributed by atoms with Crippen molar-refractivity contribution >= 4 is 55.4 Å². The van der Waals surface area contributed by atoms with E-state index in [0.29, 0.717) is 0 Å². The maximum atomic E-state index is 3.93. The Balaban J connectivity index is 1.28. The SMILES string of the molecule is C1=CC(c2cccc3ccccc23)NC(n2c3c(c4cc5c(cc42)c2ccccc2n5-c2ccccc2)C=CCC3)=C1. The third-order valence-electron chi connectivity index (χ3n) is 9.01. The van der Waals surface area contributed by atoms with Gasteiger partial charge in [0.15, 0.2) is 0 Å². The summed E-state index contributed by atoms with van der Waals surface area (Å²) in [7, 11) is 0. The minimum absolute atomic E-state index is 0.0899. The predicted octanol–water partition coefficient (Wildman–Crippen LogP) is 9.55. The first-order valence-electron chi connectivity index (χ1n) is 14.8. The van der Waals surface area contributed by atoms with Crippen LogP contribution in [0.4, 0.5) is 0 Å². The van der Waals surface area contributed by atoms with Gasteiger partial charge in [0.2, 0.25) is 0 Å². The van der Waals surface area contributed by atoms with E-state index in [-0.39, 0.29) is 6.04 Å². The number of para-hydroxylation sites is 2. The van der Waals surface area contributed by atoms with Gasteiger partial charge in [0.1, 0.15) is 5.82 Å². The first-order valence-corrected chi connectivity index (χ1v) is 14.8. The maximum absolute atomic E-state index is 3.93. The Morgan fingerprint density at radius 1 is 0.643 bits per heavy atom. The number of benzene rings is 5. The standard InChI is InChI=1S/C39H29N3/c1-2-14-27(15-3-1)41-35-21-8-6-17-30(35)32-25-38-33(24-37(32)41)31-18-7-9-22-36(31)42(38)39-23-11-20-34(40-39)29-19-10-13-26-12-4-5-16-28(26)29/h1-8,10-21,23-25,34,40H,9,22H2. The highest BCUT2D eigenvalue weighted by Gasteiger charge is 2.24. The molecule has 3 heteroatoms. The molecule has 0 spiro atoms. The van der Waals surface area contributed by atoms with E-state index in [4.69, 9.17) is 0 Å². The molecule has 1 aliphatic carbocycles. The van der Waals surface area contributed by atoms with Crippen LogP contribution in [0.3, 0.4) is 0 Å². The number of hydrogen-bond acceptors (Lipinski definition) is 1. The summed E-state index contributed by atoms with van der Waals surface area (Å²) in [6.07, 6.45) is 13.5. The largest absolute Gasteiger partial charge is 0.361 e.